The Morgan fingerprint density at radius 3 is 3.12 bits per heavy atom. The molecular formula is C9H11N5S2. The van der Waals surface area contributed by atoms with E-state index in [4.69, 9.17) is 0 Å². The number of aromatic nitrogens is 4. The molecule has 2 rings (SSSR count). The van der Waals surface area contributed by atoms with Crippen molar-refractivity contribution in [1.82, 2.24) is 20.2 Å². The van der Waals surface area contributed by atoms with E-state index in [2.05, 4.69) is 25.5 Å². The van der Waals surface area contributed by atoms with Crippen LogP contribution in [0.4, 0.5) is 5.13 Å². The van der Waals surface area contributed by atoms with Crippen LogP contribution in [-0.4, -0.2) is 26.7 Å². The molecule has 0 unspecified atom stereocenters. The highest BCUT2D eigenvalue weighted by Gasteiger charge is 2.04. The van der Waals surface area contributed by atoms with E-state index in [1.54, 1.807) is 35.6 Å². The number of thioether (sulfide) groups is 1. The van der Waals surface area contributed by atoms with Gasteiger partial charge in [0.05, 0.1) is 10.8 Å². The second kappa shape index (κ2) is 5.76. The fourth-order valence-corrected chi connectivity index (χ4v) is 2.66. The van der Waals surface area contributed by atoms with E-state index in [0.29, 0.717) is 0 Å². The monoisotopic (exact) mass is 253 g/mol. The summed E-state index contributed by atoms with van der Waals surface area (Å²) in [6.07, 6.45) is 3.28. The molecule has 84 valence electrons. The molecule has 0 saturated heterocycles. The summed E-state index contributed by atoms with van der Waals surface area (Å²) in [6, 6.07) is 1.89. The van der Waals surface area contributed by atoms with Crippen molar-refractivity contribution in [3.8, 4) is 0 Å². The van der Waals surface area contributed by atoms with Crippen molar-refractivity contribution in [1.29, 1.82) is 0 Å². The van der Waals surface area contributed by atoms with Crippen molar-refractivity contribution in [2.45, 2.75) is 17.7 Å². The van der Waals surface area contributed by atoms with E-state index in [0.717, 1.165) is 27.5 Å². The smallest absolute Gasteiger partial charge is 0.205 e. The van der Waals surface area contributed by atoms with Gasteiger partial charge in [-0.2, -0.15) is 0 Å². The Morgan fingerprint density at radius 2 is 2.38 bits per heavy atom. The first kappa shape index (κ1) is 11.3. The molecule has 0 fully saturated rings. The zero-order valence-corrected chi connectivity index (χ0v) is 10.4. The fourth-order valence-electron chi connectivity index (χ4n) is 1.03. The van der Waals surface area contributed by atoms with Crippen LogP contribution in [0.15, 0.2) is 23.6 Å². The average molecular weight is 253 g/mol. The Hall–Kier alpha value is -1.21. The molecule has 0 bridgehead atoms. The number of rotatable bonds is 5. The van der Waals surface area contributed by atoms with Gasteiger partial charge in [0, 0.05) is 12.7 Å². The normalized spacial score (nSPS) is 10.3. The van der Waals surface area contributed by atoms with Crippen LogP contribution in [0.25, 0.3) is 0 Å². The van der Waals surface area contributed by atoms with Gasteiger partial charge in [-0.1, -0.05) is 23.1 Å². The summed E-state index contributed by atoms with van der Waals surface area (Å²) in [5.41, 5.74) is 0. The third kappa shape index (κ3) is 3.14. The summed E-state index contributed by atoms with van der Waals surface area (Å²) >= 11 is 3.21. The van der Waals surface area contributed by atoms with Crippen LogP contribution in [0.5, 0.6) is 0 Å². The lowest BCUT2D eigenvalue weighted by molar-refractivity contribution is 1.02. The number of nitrogens with zero attached hydrogens (tertiary/aromatic N) is 4. The molecule has 0 aliphatic rings. The first-order chi connectivity index (χ1) is 7.88. The molecule has 0 aromatic carbocycles. The van der Waals surface area contributed by atoms with Gasteiger partial charge < -0.3 is 5.32 Å². The Morgan fingerprint density at radius 1 is 1.44 bits per heavy atom. The molecule has 16 heavy (non-hydrogen) atoms. The molecule has 0 atom stereocenters. The molecule has 0 spiro atoms. The third-order valence-electron chi connectivity index (χ3n) is 1.69. The summed E-state index contributed by atoms with van der Waals surface area (Å²) < 4.78 is 0. The standard InChI is InChI=1S/C9H11N5S2/c1-2-11-9-14-13-8(16-9)5-15-7-3-4-10-6-12-7/h3-4,6H,2,5H2,1H3,(H,11,14). The Kier molecular flexibility index (Phi) is 4.06. The van der Waals surface area contributed by atoms with Crippen molar-refractivity contribution in [2.75, 3.05) is 11.9 Å². The summed E-state index contributed by atoms with van der Waals surface area (Å²) in [7, 11) is 0. The van der Waals surface area contributed by atoms with Gasteiger partial charge in [0.2, 0.25) is 5.13 Å². The highest BCUT2D eigenvalue weighted by molar-refractivity contribution is 7.98. The van der Waals surface area contributed by atoms with Crippen molar-refractivity contribution in [2.24, 2.45) is 0 Å². The quantitative estimate of drug-likeness (QED) is 0.650. The minimum Gasteiger partial charge on any atom is -0.360 e. The van der Waals surface area contributed by atoms with Crippen LogP contribution < -0.4 is 5.32 Å². The van der Waals surface area contributed by atoms with Gasteiger partial charge in [-0.3, -0.25) is 0 Å². The molecule has 0 radical (unpaired) electrons. The molecule has 1 N–H and O–H groups in total. The zero-order valence-electron chi connectivity index (χ0n) is 8.75. The maximum absolute atomic E-state index is 4.13. The van der Waals surface area contributed by atoms with E-state index < -0.39 is 0 Å². The van der Waals surface area contributed by atoms with Crippen LogP contribution in [0.2, 0.25) is 0 Å². The predicted octanol–water partition coefficient (Wildman–Crippen LogP) is 2.05. The maximum atomic E-state index is 4.13. The summed E-state index contributed by atoms with van der Waals surface area (Å²) in [6.45, 7) is 2.91. The number of nitrogens with one attached hydrogen (secondary N) is 1. The molecule has 2 aromatic heterocycles. The van der Waals surface area contributed by atoms with Crippen molar-refractivity contribution < 1.29 is 0 Å². The predicted molar refractivity (Wildman–Crippen MR) is 65.7 cm³/mol. The molecule has 5 nitrogen and oxygen atoms in total. The molecular weight excluding hydrogens is 242 g/mol. The first-order valence-electron chi connectivity index (χ1n) is 4.83. The highest BCUT2D eigenvalue weighted by Crippen LogP contribution is 2.23. The van der Waals surface area contributed by atoms with E-state index in [1.807, 2.05) is 13.0 Å². The lowest BCUT2D eigenvalue weighted by Gasteiger charge is -1.95. The second-order valence-corrected chi connectivity index (χ2v) is 4.93. The van der Waals surface area contributed by atoms with Crippen molar-refractivity contribution in [3.63, 3.8) is 0 Å². The second-order valence-electron chi connectivity index (χ2n) is 2.87. The van der Waals surface area contributed by atoms with Crippen LogP contribution in [-0.2, 0) is 5.75 Å². The average Bonchev–Trinajstić information content (AvgIpc) is 2.76. The minimum absolute atomic E-state index is 0.792. The van der Waals surface area contributed by atoms with Gasteiger partial charge in [-0.25, -0.2) is 9.97 Å². The van der Waals surface area contributed by atoms with Gasteiger partial charge in [-0.15, -0.1) is 10.2 Å². The van der Waals surface area contributed by atoms with E-state index in [-0.39, 0.29) is 0 Å². The number of hydrogen-bond acceptors (Lipinski definition) is 7. The summed E-state index contributed by atoms with van der Waals surface area (Å²) in [5.74, 6) is 0.792. The molecule has 0 amide bonds. The van der Waals surface area contributed by atoms with Crippen LogP contribution >= 0.6 is 23.1 Å². The molecule has 2 aromatic rings. The van der Waals surface area contributed by atoms with Gasteiger partial charge in [0.1, 0.15) is 11.3 Å². The van der Waals surface area contributed by atoms with E-state index in [1.165, 1.54) is 0 Å². The van der Waals surface area contributed by atoms with Gasteiger partial charge >= 0.3 is 0 Å². The Balaban J connectivity index is 1.89. The zero-order chi connectivity index (χ0) is 11.2. The minimum atomic E-state index is 0.792. The van der Waals surface area contributed by atoms with Crippen molar-refractivity contribution >= 4 is 28.2 Å². The van der Waals surface area contributed by atoms with Gasteiger partial charge in [0.15, 0.2) is 0 Å². The summed E-state index contributed by atoms with van der Waals surface area (Å²) in [5, 5.41) is 14.1. The third-order valence-corrected chi connectivity index (χ3v) is 3.71. The Bertz CT molecular complexity index is 430. The molecule has 7 heteroatoms. The largest absolute Gasteiger partial charge is 0.360 e. The Labute approximate surface area is 102 Å². The lowest BCUT2D eigenvalue weighted by Crippen LogP contribution is -1.94. The molecule has 2 heterocycles. The molecule has 0 saturated carbocycles. The number of hydrogen-bond donors (Lipinski definition) is 1. The van der Waals surface area contributed by atoms with Crippen LogP contribution in [0.3, 0.4) is 0 Å². The molecule has 0 aliphatic heterocycles. The maximum Gasteiger partial charge on any atom is 0.205 e. The number of anilines is 1. The topological polar surface area (TPSA) is 63.6 Å². The molecule has 0 aliphatic carbocycles. The van der Waals surface area contributed by atoms with E-state index >= 15 is 0 Å². The van der Waals surface area contributed by atoms with Gasteiger partial charge in [0.25, 0.3) is 0 Å². The lowest BCUT2D eigenvalue weighted by atomic mass is 10.7. The van der Waals surface area contributed by atoms with Crippen molar-refractivity contribution in [3.05, 3.63) is 23.6 Å². The van der Waals surface area contributed by atoms with Crippen LogP contribution in [0, 0.1) is 0 Å². The summed E-state index contributed by atoms with van der Waals surface area (Å²) in [4.78, 5) is 8.00. The van der Waals surface area contributed by atoms with Crippen LogP contribution in [0.1, 0.15) is 11.9 Å². The fraction of sp³-hybridized carbons (Fsp3) is 0.333. The SMILES string of the molecule is CCNc1nnc(CSc2ccncn2)s1. The highest BCUT2D eigenvalue weighted by atomic mass is 32.2. The van der Waals surface area contributed by atoms with E-state index in [9.17, 15) is 0 Å². The van der Waals surface area contributed by atoms with Gasteiger partial charge in [-0.05, 0) is 13.0 Å². The first-order valence-corrected chi connectivity index (χ1v) is 6.63.